The Morgan fingerprint density at radius 2 is 1.79 bits per heavy atom. The average Bonchev–Trinajstić information content (AvgIpc) is 2.93. The second-order valence-corrected chi connectivity index (χ2v) is 5.05. The molecular weight excluding hydrogens is 254 g/mol. The van der Waals surface area contributed by atoms with Crippen LogP contribution < -0.4 is 5.32 Å². The van der Waals surface area contributed by atoms with Crippen LogP contribution in [0.5, 0.6) is 0 Å². The fourth-order valence-electron chi connectivity index (χ4n) is 1.91. The molecular formula is C15H13N3S. The van der Waals surface area contributed by atoms with Gasteiger partial charge in [0.1, 0.15) is 0 Å². The molecule has 1 N–H and O–H groups in total. The van der Waals surface area contributed by atoms with Crippen molar-refractivity contribution in [2.45, 2.75) is 0 Å². The van der Waals surface area contributed by atoms with Gasteiger partial charge in [-0.25, -0.2) is 4.98 Å². The predicted octanol–water partition coefficient (Wildman–Crippen LogP) is 3.91. The van der Waals surface area contributed by atoms with Crippen LogP contribution in [-0.2, 0) is 0 Å². The molecule has 0 aliphatic rings. The van der Waals surface area contributed by atoms with Crippen molar-refractivity contribution in [3.8, 4) is 21.7 Å². The lowest BCUT2D eigenvalue weighted by Crippen LogP contribution is -1.86. The Bertz CT molecular complexity index is 605. The molecule has 0 unspecified atom stereocenters. The van der Waals surface area contributed by atoms with E-state index in [1.807, 2.05) is 37.5 Å². The standard InChI is InChI=1S/C15H13N3S/c1-16-15-18-13(11-6-3-2-4-7-11)14(19-15)12-8-5-9-17-10-12/h2-10H,1H3,(H,16,18). The van der Waals surface area contributed by atoms with E-state index in [0.717, 1.165) is 26.8 Å². The van der Waals surface area contributed by atoms with Crippen molar-refractivity contribution in [3.05, 3.63) is 54.9 Å². The Kier molecular flexibility index (Phi) is 3.25. The number of hydrogen-bond donors (Lipinski definition) is 1. The van der Waals surface area contributed by atoms with Gasteiger partial charge in [-0.3, -0.25) is 4.98 Å². The van der Waals surface area contributed by atoms with Gasteiger partial charge in [0.15, 0.2) is 5.13 Å². The summed E-state index contributed by atoms with van der Waals surface area (Å²) < 4.78 is 0. The largest absolute Gasteiger partial charge is 0.365 e. The Morgan fingerprint density at radius 3 is 2.47 bits per heavy atom. The molecule has 94 valence electrons. The number of rotatable bonds is 3. The molecule has 0 atom stereocenters. The Labute approximate surface area is 116 Å². The molecule has 19 heavy (non-hydrogen) atoms. The zero-order valence-electron chi connectivity index (χ0n) is 10.5. The molecule has 0 aliphatic carbocycles. The van der Waals surface area contributed by atoms with Crippen molar-refractivity contribution in [2.75, 3.05) is 12.4 Å². The lowest BCUT2D eigenvalue weighted by molar-refractivity contribution is 1.33. The highest BCUT2D eigenvalue weighted by molar-refractivity contribution is 7.19. The molecule has 1 aromatic carbocycles. The number of aromatic nitrogens is 2. The van der Waals surface area contributed by atoms with E-state index in [9.17, 15) is 0 Å². The van der Waals surface area contributed by atoms with Crippen LogP contribution in [0.15, 0.2) is 54.9 Å². The van der Waals surface area contributed by atoms with Crippen molar-refractivity contribution in [3.63, 3.8) is 0 Å². The maximum atomic E-state index is 4.65. The maximum absolute atomic E-state index is 4.65. The number of pyridine rings is 1. The highest BCUT2D eigenvalue weighted by atomic mass is 32.1. The van der Waals surface area contributed by atoms with E-state index in [1.54, 1.807) is 17.5 Å². The van der Waals surface area contributed by atoms with Gasteiger partial charge in [-0.15, -0.1) is 0 Å². The van der Waals surface area contributed by atoms with Crippen LogP contribution in [0.4, 0.5) is 5.13 Å². The van der Waals surface area contributed by atoms with Crippen molar-refractivity contribution in [1.29, 1.82) is 0 Å². The first-order valence-corrected chi connectivity index (χ1v) is 6.84. The topological polar surface area (TPSA) is 37.8 Å². The van der Waals surface area contributed by atoms with Gasteiger partial charge >= 0.3 is 0 Å². The Balaban J connectivity index is 2.17. The molecule has 0 saturated heterocycles. The van der Waals surface area contributed by atoms with Crippen LogP contribution in [0.3, 0.4) is 0 Å². The fourth-order valence-corrected chi connectivity index (χ4v) is 2.84. The molecule has 3 rings (SSSR count). The second-order valence-electron chi connectivity index (χ2n) is 4.05. The summed E-state index contributed by atoms with van der Waals surface area (Å²) in [5.74, 6) is 0. The van der Waals surface area contributed by atoms with E-state index < -0.39 is 0 Å². The highest BCUT2D eigenvalue weighted by Gasteiger charge is 2.14. The van der Waals surface area contributed by atoms with Crippen molar-refractivity contribution < 1.29 is 0 Å². The quantitative estimate of drug-likeness (QED) is 0.781. The number of anilines is 1. The molecule has 3 nitrogen and oxygen atoms in total. The van der Waals surface area contributed by atoms with Crippen LogP contribution in [0.1, 0.15) is 0 Å². The van der Waals surface area contributed by atoms with E-state index in [0.29, 0.717) is 0 Å². The summed E-state index contributed by atoms with van der Waals surface area (Å²) in [5, 5.41) is 4.03. The molecule has 0 radical (unpaired) electrons. The third kappa shape index (κ3) is 2.35. The molecule has 0 amide bonds. The van der Waals surface area contributed by atoms with Crippen LogP contribution in [0, 0.1) is 0 Å². The highest BCUT2D eigenvalue weighted by Crippen LogP contribution is 2.38. The number of nitrogens with zero attached hydrogens (tertiary/aromatic N) is 2. The van der Waals surface area contributed by atoms with Gasteiger partial charge < -0.3 is 5.32 Å². The minimum Gasteiger partial charge on any atom is -0.365 e. The third-order valence-electron chi connectivity index (χ3n) is 2.81. The minimum atomic E-state index is 0.915. The third-order valence-corrected chi connectivity index (χ3v) is 3.93. The predicted molar refractivity (Wildman–Crippen MR) is 80.3 cm³/mol. The molecule has 0 bridgehead atoms. The summed E-state index contributed by atoms with van der Waals surface area (Å²) in [6, 6.07) is 14.2. The minimum absolute atomic E-state index is 0.915. The molecule has 2 heterocycles. The summed E-state index contributed by atoms with van der Waals surface area (Å²) in [5.41, 5.74) is 3.22. The maximum Gasteiger partial charge on any atom is 0.183 e. The molecule has 2 aromatic heterocycles. The van der Waals surface area contributed by atoms with Crippen LogP contribution >= 0.6 is 11.3 Å². The van der Waals surface area contributed by atoms with E-state index >= 15 is 0 Å². The number of benzene rings is 1. The van der Waals surface area contributed by atoms with E-state index in [1.165, 1.54) is 0 Å². The zero-order chi connectivity index (χ0) is 13.1. The van der Waals surface area contributed by atoms with Crippen LogP contribution in [-0.4, -0.2) is 17.0 Å². The number of thiazole rings is 1. The SMILES string of the molecule is CNc1nc(-c2ccccc2)c(-c2cccnc2)s1. The molecule has 4 heteroatoms. The molecule has 0 spiro atoms. The van der Waals surface area contributed by atoms with Gasteiger partial charge in [0, 0.05) is 30.6 Å². The Hall–Kier alpha value is -2.20. The molecule has 3 aromatic rings. The summed E-state index contributed by atoms with van der Waals surface area (Å²) in [6.45, 7) is 0. The summed E-state index contributed by atoms with van der Waals surface area (Å²) >= 11 is 1.65. The van der Waals surface area contributed by atoms with Gasteiger partial charge in [0.05, 0.1) is 10.6 Å². The van der Waals surface area contributed by atoms with Crippen LogP contribution in [0.25, 0.3) is 21.7 Å². The molecule has 0 aliphatic heterocycles. The summed E-state index contributed by atoms with van der Waals surface area (Å²) in [4.78, 5) is 9.99. The summed E-state index contributed by atoms with van der Waals surface area (Å²) in [6.07, 6.45) is 3.66. The number of nitrogens with one attached hydrogen (secondary N) is 1. The first-order valence-electron chi connectivity index (χ1n) is 6.03. The van der Waals surface area contributed by atoms with Crippen molar-refractivity contribution >= 4 is 16.5 Å². The van der Waals surface area contributed by atoms with E-state index in [-0.39, 0.29) is 0 Å². The number of hydrogen-bond acceptors (Lipinski definition) is 4. The second kappa shape index (κ2) is 5.20. The monoisotopic (exact) mass is 267 g/mol. The van der Waals surface area contributed by atoms with E-state index in [4.69, 9.17) is 0 Å². The van der Waals surface area contributed by atoms with Gasteiger partial charge in [-0.1, -0.05) is 47.7 Å². The van der Waals surface area contributed by atoms with Gasteiger partial charge in [0.2, 0.25) is 0 Å². The molecule has 0 fully saturated rings. The first kappa shape index (κ1) is 11.9. The van der Waals surface area contributed by atoms with Crippen molar-refractivity contribution in [1.82, 2.24) is 9.97 Å². The van der Waals surface area contributed by atoms with Crippen molar-refractivity contribution in [2.24, 2.45) is 0 Å². The fraction of sp³-hybridized carbons (Fsp3) is 0.0667. The average molecular weight is 267 g/mol. The van der Waals surface area contributed by atoms with E-state index in [2.05, 4.69) is 33.5 Å². The Morgan fingerprint density at radius 1 is 1.00 bits per heavy atom. The summed E-state index contributed by atoms with van der Waals surface area (Å²) in [7, 11) is 1.89. The van der Waals surface area contributed by atoms with Crippen LogP contribution in [0.2, 0.25) is 0 Å². The first-order chi connectivity index (χ1) is 9.38. The smallest absolute Gasteiger partial charge is 0.183 e. The van der Waals surface area contributed by atoms with Gasteiger partial charge in [0.25, 0.3) is 0 Å². The lowest BCUT2D eigenvalue weighted by atomic mass is 10.1. The zero-order valence-corrected chi connectivity index (χ0v) is 11.3. The molecule has 0 saturated carbocycles. The normalized spacial score (nSPS) is 10.4. The van der Waals surface area contributed by atoms with Gasteiger partial charge in [-0.2, -0.15) is 0 Å². The van der Waals surface area contributed by atoms with Gasteiger partial charge in [-0.05, 0) is 6.07 Å². The lowest BCUT2D eigenvalue weighted by Gasteiger charge is -2.01.